The molecule has 0 N–H and O–H groups in total. The van der Waals surface area contributed by atoms with Gasteiger partial charge in [0, 0.05) is 6.54 Å². The summed E-state index contributed by atoms with van der Waals surface area (Å²) in [6.07, 6.45) is 5.27. The fourth-order valence-electron chi connectivity index (χ4n) is 2.56. The summed E-state index contributed by atoms with van der Waals surface area (Å²) in [5.74, 6) is -0.210. The molecule has 1 spiro atoms. The number of halogens is 2. The number of carbonyl (C=O) groups is 1. The van der Waals surface area contributed by atoms with Gasteiger partial charge in [0.2, 0.25) is 0 Å². The van der Waals surface area contributed by atoms with Crippen LogP contribution in [0.2, 0.25) is 0 Å². The first-order valence-electron chi connectivity index (χ1n) is 5.39. The summed E-state index contributed by atoms with van der Waals surface area (Å²) in [5, 5.41) is 0. The summed E-state index contributed by atoms with van der Waals surface area (Å²) < 4.78 is 5.75. The maximum absolute atomic E-state index is 11.8. The molecule has 0 aromatic rings. The summed E-state index contributed by atoms with van der Waals surface area (Å²) in [6.45, 7) is 1.22. The van der Waals surface area contributed by atoms with E-state index >= 15 is 0 Å². The number of hydrogen-bond acceptors (Lipinski definition) is 2. The molecule has 0 unspecified atom stereocenters. The number of hydrogen-bond donors (Lipinski definition) is 0. The van der Waals surface area contributed by atoms with Crippen molar-refractivity contribution < 1.29 is 9.53 Å². The first-order valence-corrected chi connectivity index (χ1v) is 6.27. The van der Waals surface area contributed by atoms with Gasteiger partial charge in [0.25, 0.3) is 5.91 Å². The van der Waals surface area contributed by atoms with E-state index in [0.29, 0.717) is 13.2 Å². The Kier molecular flexibility index (Phi) is 3.43. The normalized spacial score (nSPS) is 25.1. The predicted octanol–water partition coefficient (Wildman–Crippen LogP) is 2.31. The van der Waals surface area contributed by atoms with Gasteiger partial charge in [-0.1, -0.05) is 29.6 Å². The van der Waals surface area contributed by atoms with Crippen molar-refractivity contribution in [1.29, 1.82) is 0 Å². The van der Waals surface area contributed by atoms with E-state index in [-0.39, 0.29) is 5.91 Å². The molecule has 2 fully saturated rings. The van der Waals surface area contributed by atoms with Crippen LogP contribution in [0.25, 0.3) is 0 Å². The second-order valence-electron chi connectivity index (χ2n) is 4.15. The van der Waals surface area contributed by atoms with Crippen molar-refractivity contribution in [3.63, 3.8) is 0 Å². The van der Waals surface area contributed by atoms with Gasteiger partial charge in [0.1, 0.15) is 5.72 Å². The van der Waals surface area contributed by atoms with Crippen LogP contribution in [0, 0.1) is 0 Å². The molecule has 1 saturated heterocycles. The largest absolute Gasteiger partial charge is 0.354 e. The van der Waals surface area contributed by atoms with E-state index in [1.807, 2.05) is 0 Å². The topological polar surface area (TPSA) is 29.5 Å². The summed E-state index contributed by atoms with van der Waals surface area (Å²) >= 11 is 11.3. The highest BCUT2D eigenvalue weighted by Crippen LogP contribution is 2.38. The van der Waals surface area contributed by atoms with Crippen LogP contribution in [-0.4, -0.2) is 34.5 Å². The molecular weight excluding hydrogens is 237 g/mol. The second-order valence-corrected chi connectivity index (χ2v) is 5.24. The van der Waals surface area contributed by atoms with Gasteiger partial charge in [-0.15, -0.1) is 0 Å². The zero-order chi connectivity index (χ0) is 10.9. The Morgan fingerprint density at radius 3 is 2.53 bits per heavy atom. The summed E-state index contributed by atoms with van der Waals surface area (Å²) in [7, 11) is 0. The minimum atomic E-state index is -0.967. The first-order chi connectivity index (χ1) is 7.16. The van der Waals surface area contributed by atoms with E-state index in [2.05, 4.69) is 0 Å². The Balaban J connectivity index is 2.13. The van der Waals surface area contributed by atoms with Gasteiger partial charge >= 0.3 is 0 Å². The fraction of sp³-hybridized carbons (Fsp3) is 0.900. The van der Waals surface area contributed by atoms with E-state index in [1.165, 1.54) is 6.42 Å². The lowest BCUT2D eigenvalue weighted by molar-refractivity contribution is -0.153. The molecule has 15 heavy (non-hydrogen) atoms. The van der Waals surface area contributed by atoms with E-state index < -0.39 is 10.6 Å². The minimum absolute atomic E-state index is 0.210. The van der Waals surface area contributed by atoms with Crippen LogP contribution in [0.4, 0.5) is 0 Å². The lowest BCUT2D eigenvalue weighted by Gasteiger charge is -2.40. The molecule has 1 aliphatic heterocycles. The molecule has 2 aliphatic rings. The zero-order valence-electron chi connectivity index (χ0n) is 8.55. The highest BCUT2D eigenvalue weighted by Gasteiger charge is 2.46. The average molecular weight is 252 g/mol. The Labute approximate surface area is 99.7 Å². The fourth-order valence-corrected chi connectivity index (χ4v) is 2.79. The maximum atomic E-state index is 11.8. The molecule has 86 valence electrons. The molecule has 5 heteroatoms. The van der Waals surface area contributed by atoms with Gasteiger partial charge in [-0.3, -0.25) is 4.79 Å². The van der Waals surface area contributed by atoms with Gasteiger partial charge in [0.05, 0.1) is 6.61 Å². The number of amides is 1. The van der Waals surface area contributed by atoms with Gasteiger partial charge in [-0.2, -0.15) is 0 Å². The van der Waals surface area contributed by atoms with Crippen LogP contribution in [0.3, 0.4) is 0 Å². The highest BCUT2D eigenvalue weighted by atomic mass is 35.5. The van der Waals surface area contributed by atoms with Crippen LogP contribution in [0.15, 0.2) is 0 Å². The van der Waals surface area contributed by atoms with Gasteiger partial charge in [0.15, 0.2) is 4.84 Å². The predicted molar refractivity (Wildman–Crippen MR) is 59.0 cm³/mol. The third-order valence-electron chi connectivity index (χ3n) is 3.27. The maximum Gasteiger partial charge on any atom is 0.258 e. The van der Waals surface area contributed by atoms with Gasteiger partial charge in [-0.25, -0.2) is 0 Å². The van der Waals surface area contributed by atoms with Crippen LogP contribution in [0.1, 0.15) is 32.1 Å². The number of carbonyl (C=O) groups excluding carboxylic acids is 1. The Morgan fingerprint density at radius 2 is 1.93 bits per heavy atom. The number of nitrogens with zero attached hydrogens (tertiary/aromatic N) is 1. The Hall–Kier alpha value is 0.01000. The third-order valence-corrected chi connectivity index (χ3v) is 3.64. The zero-order valence-corrected chi connectivity index (χ0v) is 10.1. The molecule has 2 rings (SSSR count). The van der Waals surface area contributed by atoms with Gasteiger partial charge in [-0.05, 0) is 25.7 Å². The van der Waals surface area contributed by atoms with Crippen LogP contribution in [0.5, 0.6) is 0 Å². The third kappa shape index (κ3) is 2.10. The lowest BCUT2D eigenvalue weighted by Crippen LogP contribution is -2.51. The van der Waals surface area contributed by atoms with Crippen molar-refractivity contribution in [3.05, 3.63) is 0 Å². The Morgan fingerprint density at radius 1 is 1.27 bits per heavy atom. The molecule has 1 heterocycles. The van der Waals surface area contributed by atoms with Crippen LogP contribution in [-0.2, 0) is 9.53 Å². The second kappa shape index (κ2) is 4.48. The number of alkyl halides is 2. The molecule has 0 aromatic heterocycles. The molecule has 1 aliphatic carbocycles. The summed E-state index contributed by atoms with van der Waals surface area (Å²) in [5.41, 5.74) is -0.392. The molecule has 0 aromatic carbocycles. The molecule has 0 radical (unpaired) electrons. The Bertz CT molecular complexity index is 252. The van der Waals surface area contributed by atoms with E-state index in [4.69, 9.17) is 27.9 Å². The van der Waals surface area contributed by atoms with E-state index in [0.717, 1.165) is 25.7 Å². The molecule has 3 nitrogen and oxygen atoms in total. The monoisotopic (exact) mass is 251 g/mol. The quantitative estimate of drug-likeness (QED) is 0.670. The summed E-state index contributed by atoms with van der Waals surface area (Å²) in [6, 6.07) is 0. The lowest BCUT2D eigenvalue weighted by atomic mass is 9.90. The molecule has 1 amide bonds. The van der Waals surface area contributed by atoms with Crippen molar-refractivity contribution in [2.45, 2.75) is 42.7 Å². The summed E-state index contributed by atoms with van der Waals surface area (Å²) in [4.78, 5) is 12.6. The highest BCUT2D eigenvalue weighted by molar-refractivity contribution is 6.53. The van der Waals surface area contributed by atoms with Crippen molar-refractivity contribution in [1.82, 2.24) is 4.90 Å². The first kappa shape index (κ1) is 11.5. The molecule has 0 atom stereocenters. The molecular formula is C10H15Cl2NO2. The van der Waals surface area contributed by atoms with Crippen molar-refractivity contribution in [2.75, 3.05) is 13.2 Å². The smallest absolute Gasteiger partial charge is 0.258 e. The van der Waals surface area contributed by atoms with E-state index in [9.17, 15) is 4.79 Å². The number of rotatable bonds is 1. The molecule has 0 bridgehead atoms. The van der Waals surface area contributed by atoms with Crippen molar-refractivity contribution >= 4 is 29.1 Å². The number of ether oxygens (including phenoxy) is 1. The van der Waals surface area contributed by atoms with Gasteiger partial charge < -0.3 is 9.64 Å². The standard InChI is InChI=1S/C10H15Cl2NO2/c11-8(12)9(14)13-6-7-15-10(13)4-2-1-3-5-10/h8H,1-7H2. The average Bonchev–Trinajstić information content (AvgIpc) is 2.61. The van der Waals surface area contributed by atoms with Crippen molar-refractivity contribution in [3.8, 4) is 0 Å². The minimum Gasteiger partial charge on any atom is -0.354 e. The van der Waals surface area contributed by atoms with Crippen molar-refractivity contribution in [2.24, 2.45) is 0 Å². The SMILES string of the molecule is O=C(C(Cl)Cl)N1CCOC12CCCCC2. The van der Waals surface area contributed by atoms with Crippen LogP contribution >= 0.6 is 23.2 Å². The van der Waals surface area contributed by atoms with E-state index in [1.54, 1.807) is 4.90 Å². The van der Waals surface area contributed by atoms with Crippen LogP contribution < -0.4 is 0 Å². The molecule has 1 saturated carbocycles.